The molecule has 2 aromatic rings. The van der Waals surface area contributed by atoms with Crippen molar-refractivity contribution >= 4 is 5.91 Å². The van der Waals surface area contributed by atoms with Crippen LogP contribution in [0.5, 0.6) is 11.5 Å². The maximum atomic E-state index is 11.4. The molecule has 5 nitrogen and oxygen atoms in total. The van der Waals surface area contributed by atoms with Gasteiger partial charge in [-0.2, -0.15) is 0 Å². The second kappa shape index (κ2) is 9.25. The predicted octanol–water partition coefficient (Wildman–Crippen LogP) is 3.23. The van der Waals surface area contributed by atoms with Crippen molar-refractivity contribution in [3.63, 3.8) is 0 Å². The molecule has 2 N–H and O–H groups in total. The number of nitrogens with zero attached hydrogens (tertiary/aromatic N) is 1. The summed E-state index contributed by atoms with van der Waals surface area (Å²) in [5.74, 6) is 0.878. The Balaban J connectivity index is 1.46. The monoisotopic (exact) mass is 354 g/mol. The second-order valence-electron chi connectivity index (χ2n) is 6.54. The average Bonchev–Trinajstić information content (AvgIpc) is 2.68. The lowest BCUT2D eigenvalue weighted by Crippen LogP contribution is -2.33. The lowest BCUT2D eigenvalue weighted by atomic mass is 10.1. The van der Waals surface area contributed by atoms with Crippen LogP contribution in [0.1, 0.15) is 35.2 Å². The summed E-state index contributed by atoms with van der Waals surface area (Å²) in [7, 11) is 0. The highest BCUT2D eigenvalue weighted by atomic mass is 16.5. The van der Waals surface area contributed by atoms with Crippen LogP contribution in [0.15, 0.2) is 48.5 Å². The second-order valence-corrected chi connectivity index (χ2v) is 6.54. The highest BCUT2D eigenvalue weighted by Gasteiger charge is 2.10. The molecule has 1 aliphatic heterocycles. The van der Waals surface area contributed by atoms with Crippen LogP contribution in [0.3, 0.4) is 0 Å². The number of hydrogen-bond donors (Lipinski definition) is 1. The molecule has 0 aromatic heterocycles. The van der Waals surface area contributed by atoms with Crippen molar-refractivity contribution < 1.29 is 14.3 Å². The van der Waals surface area contributed by atoms with Gasteiger partial charge in [-0.05, 0) is 55.8 Å². The summed E-state index contributed by atoms with van der Waals surface area (Å²) in [6, 6.07) is 14.9. The van der Waals surface area contributed by atoms with Gasteiger partial charge in [-0.1, -0.05) is 30.7 Å². The Morgan fingerprint density at radius 3 is 2.42 bits per heavy atom. The van der Waals surface area contributed by atoms with Gasteiger partial charge in [0.25, 0.3) is 5.91 Å². The lowest BCUT2D eigenvalue weighted by molar-refractivity contribution is 0.0996. The standard InChI is InChI=1S/C21H26N2O3/c22-21(24)19-6-2-3-7-20(19)26-16-17-8-10-18(11-9-17)25-15-14-23-12-4-1-5-13-23/h2-3,6-11H,1,4-5,12-16H2,(H2,22,24). The van der Waals surface area contributed by atoms with E-state index in [4.69, 9.17) is 15.2 Å². The van der Waals surface area contributed by atoms with Gasteiger partial charge in [0, 0.05) is 6.54 Å². The van der Waals surface area contributed by atoms with Crippen LogP contribution in [0.2, 0.25) is 0 Å². The first-order chi connectivity index (χ1) is 12.7. The molecule has 1 fully saturated rings. The number of hydrogen-bond acceptors (Lipinski definition) is 4. The zero-order valence-corrected chi connectivity index (χ0v) is 15.0. The molecule has 0 radical (unpaired) electrons. The van der Waals surface area contributed by atoms with E-state index in [0.29, 0.717) is 24.5 Å². The Kier molecular flexibility index (Phi) is 6.50. The Hall–Kier alpha value is -2.53. The van der Waals surface area contributed by atoms with Crippen molar-refractivity contribution in [2.75, 3.05) is 26.2 Å². The number of benzene rings is 2. The molecule has 1 aliphatic rings. The smallest absolute Gasteiger partial charge is 0.252 e. The summed E-state index contributed by atoms with van der Waals surface area (Å²) in [5, 5.41) is 0. The number of primary amides is 1. The predicted molar refractivity (Wildman–Crippen MR) is 102 cm³/mol. The van der Waals surface area contributed by atoms with E-state index in [2.05, 4.69) is 4.90 Å². The van der Waals surface area contributed by atoms with Gasteiger partial charge in [-0.25, -0.2) is 0 Å². The van der Waals surface area contributed by atoms with Crippen LogP contribution in [-0.2, 0) is 6.61 Å². The summed E-state index contributed by atoms with van der Waals surface area (Å²) < 4.78 is 11.6. The molecular weight excluding hydrogens is 328 g/mol. The number of carbonyl (C=O) groups is 1. The van der Waals surface area contributed by atoms with E-state index in [1.54, 1.807) is 18.2 Å². The van der Waals surface area contributed by atoms with E-state index in [0.717, 1.165) is 17.9 Å². The van der Waals surface area contributed by atoms with Crippen molar-refractivity contribution in [1.82, 2.24) is 4.90 Å². The van der Waals surface area contributed by atoms with Crippen molar-refractivity contribution in [3.8, 4) is 11.5 Å². The highest BCUT2D eigenvalue weighted by molar-refractivity contribution is 5.95. The molecule has 0 atom stereocenters. The first kappa shape index (κ1) is 18.3. The third-order valence-electron chi connectivity index (χ3n) is 4.60. The summed E-state index contributed by atoms with van der Waals surface area (Å²) in [5.41, 5.74) is 6.77. The maximum Gasteiger partial charge on any atom is 0.252 e. The Labute approximate surface area is 154 Å². The van der Waals surface area contributed by atoms with E-state index in [9.17, 15) is 4.79 Å². The zero-order valence-electron chi connectivity index (χ0n) is 15.0. The molecule has 0 spiro atoms. The Bertz CT molecular complexity index is 709. The minimum absolute atomic E-state index is 0.373. The summed E-state index contributed by atoms with van der Waals surface area (Å²) >= 11 is 0. The minimum Gasteiger partial charge on any atom is -0.492 e. The number of likely N-dealkylation sites (tertiary alicyclic amines) is 1. The molecular formula is C21H26N2O3. The number of nitrogens with two attached hydrogens (primary N) is 1. The maximum absolute atomic E-state index is 11.4. The number of para-hydroxylation sites is 1. The normalized spacial score (nSPS) is 14.8. The van der Waals surface area contributed by atoms with Gasteiger partial charge in [0.05, 0.1) is 5.56 Å². The number of rotatable bonds is 8. The van der Waals surface area contributed by atoms with E-state index >= 15 is 0 Å². The molecule has 1 saturated heterocycles. The molecule has 0 aliphatic carbocycles. The average molecular weight is 354 g/mol. The van der Waals surface area contributed by atoms with Gasteiger partial charge in [0.2, 0.25) is 0 Å². The fourth-order valence-corrected chi connectivity index (χ4v) is 3.11. The largest absolute Gasteiger partial charge is 0.492 e. The molecule has 0 bridgehead atoms. The molecule has 1 amide bonds. The van der Waals surface area contributed by atoms with Crippen LogP contribution < -0.4 is 15.2 Å². The Morgan fingerprint density at radius 2 is 1.69 bits per heavy atom. The molecule has 5 heteroatoms. The van der Waals surface area contributed by atoms with Crippen LogP contribution in [0.25, 0.3) is 0 Å². The summed E-state index contributed by atoms with van der Waals surface area (Å²) in [4.78, 5) is 13.9. The molecule has 0 saturated carbocycles. The van der Waals surface area contributed by atoms with Crippen molar-refractivity contribution in [1.29, 1.82) is 0 Å². The van der Waals surface area contributed by atoms with Crippen molar-refractivity contribution in [2.45, 2.75) is 25.9 Å². The van der Waals surface area contributed by atoms with Gasteiger partial charge >= 0.3 is 0 Å². The molecule has 1 heterocycles. The number of amides is 1. The first-order valence-corrected chi connectivity index (χ1v) is 9.18. The topological polar surface area (TPSA) is 64.8 Å². The van der Waals surface area contributed by atoms with E-state index < -0.39 is 5.91 Å². The first-order valence-electron chi connectivity index (χ1n) is 9.18. The fourth-order valence-electron chi connectivity index (χ4n) is 3.11. The lowest BCUT2D eigenvalue weighted by Gasteiger charge is -2.26. The zero-order chi connectivity index (χ0) is 18.2. The third kappa shape index (κ3) is 5.23. The Morgan fingerprint density at radius 1 is 0.962 bits per heavy atom. The van der Waals surface area contributed by atoms with Crippen LogP contribution >= 0.6 is 0 Å². The SMILES string of the molecule is NC(=O)c1ccccc1OCc1ccc(OCCN2CCCCC2)cc1. The fraction of sp³-hybridized carbons (Fsp3) is 0.381. The van der Waals surface area contributed by atoms with Crippen LogP contribution in [0, 0.1) is 0 Å². The van der Waals surface area contributed by atoms with E-state index in [1.165, 1.54) is 32.4 Å². The van der Waals surface area contributed by atoms with E-state index in [-0.39, 0.29) is 0 Å². The van der Waals surface area contributed by atoms with Gasteiger partial charge < -0.3 is 15.2 Å². The molecule has 138 valence electrons. The molecule has 2 aromatic carbocycles. The molecule has 0 unspecified atom stereocenters. The van der Waals surface area contributed by atoms with Gasteiger partial charge in [-0.15, -0.1) is 0 Å². The molecule has 26 heavy (non-hydrogen) atoms. The van der Waals surface area contributed by atoms with E-state index in [1.807, 2.05) is 30.3 Å². The van der Waals surface area contributed by atoms with Gasteiger partial charge in [0.1, 0.15) is 24.7 Å². The highest BCUT2D eigenvalue weighted by Crippen LogP contribution is 2.20. The number of piperidine rings is 1. The summed E-state index contributed by atoms with van der Waals surface area (Å²) in [6.45, 7) is 4.44. The van der Waals surface area contributed by atoms with Crippen LogP contribution in [-0.4, -0.2) is 37.0 Å². The molecule has 3 rings (SSSR count). The van der Waals surface area contributed by atoms with Gasteiger partial charge in [0.15, 0.2) is 0 Å². The minimum atomic E-state index is -0.488. The number of ether oxygens (including phenoxy) is 2. The van der Waals surface area contributed by atoms with Gasteiger partial charge in [-0.3, -0.25) is 9.69 Å². The van der Waals surface area contributed by atoms with Crippen LogP contribution in [0.4, 0.5) is 0 Å². The van der Waals surface area contributed by atoms with Crippen molar-refractivity contribution in [2.24, 2.45) is 5.73 Å². The quantitative estimate of drug-likeness (QED) is 0.790. The number of carbonyl (C=O) groups excluding carboxylic acids is 1. The third-order valence-corrected chi connectivity index (χ3v) is 4.60. The van der Waals surface area contributed by atoms with Crippen molar-refractivity contribution in [3.05, 3.63) is 59.7 Å². The summed E-state index contributed by atoms with van der Waals surface area (Å²) in [6.07, 6.45) is 3.95.